The molecule has 14 heteroatoms. The van der Waals surface area contributed by atoms with Crippen molar-refractivity contribution >= 4 is 38.6 Å². The molecule has 1 aromatic heterocycles. The number of hydrogen-bond donors (Lipinski definition) is 3. The lowest BCUT2D eigenvalue weighted by Gasteiger charge is -2.48. The van der Waals surface area contributed by atoms with Crippen molar-refractivity contribution in [2.45, 2.75) is 152 Å². The lowest BCUT2D eigenvalue weighted by Crippen LogP contribution is -2.70. The van der Waals surface area contributed by atoms with Crippen LogP contribution >= 0.6 is 0 Å². The molecule has 5 unspecified atom stereocenters. The molecule has 2 aliphatic carbocycles. The fraction of sp³-hybridized carbons (Fsp3) is 0.682. The minimum atomic E-state index is -3.98. The van der Waals surface area contributed by atoms with Crippen LogP contribution < -0.4 is 24.8 Å². The van der Waals surface area contributed by atoms with Crippen LogP contribution in [-0.2, 0) is 35.6 Å². The molecule has 5 atom stereocenters. The van der Waals surface area contributed by atoms with Gasteiger partial charge in [-0.15, -0.1) is 0 Å². The van der Waals surface area contributed by atoms with Crippen LogP contribution in [0.1, 0.15) is 129 Å². The predicted octanol–water partition coefficient (Wildman–Crippen LogP) is 5.79. The highest BCUT2D eigenvalue weighted by molar-refractivity contribution is 7.91. The summed E-state index contributed by atoms with van der Waals surface area (Å²) in [6, 6.07) is 4.24. The zero-order valence-corrected chi connectivity index (χ0v) is 36.2. The summed E-state index contributed by atoms with van der Waals surface area (Å²) in [7, 11) is -2.34. The summed E-state index contributed by atoms with van der Waals surface area (Å²) in [5.74, 6) is -0.414. The fourth-order valence-electron chi connectivity index (χ4n) is 9.00. The van der Waals surface area contributed by atoms with Gasteiger partial charge < -0.3 is 24.4 Å². The number of sulfonamides is 1. The highest BCUT2D eigenvalue weighted by atomic mass is 32.2. The molecule has 4 heterocycles. The Morgan fingerprint density at radius 1 is 1.10 bits per heavy atom. The summed E-state index contributed by atoms with van der Waals surface area (Å²) in [4.78, 5) is 50.8. The van der Waals surface area contributed by atoms with Gasteiger partial charge in [0.2, 0.25) is 21.8 Å². The largest absolute Gasteiger partial charge is 0.497 e. The lowest BCUT2D eigenvalue weighted by molar-refractivity contribution is -0.145. The van der Waals surface area contributed by atoms with E-state index in [1.807, 2.05) is 30.4 Å². The van der Waals surface area contributed by atoms with Gasteiger partial charge in [0.15, 0.2) is 0 Å². The monoisotopic (exact) mass is 821 g/mol. The highest BCUT2D eigenvalue weighted by Crippen LogP contribution is 2.48. The number of hydrogen-bond acceptors (Lipinski definition) is 10. The molecule has 1 saturated heterocycles. The van der Waals surface area contributed by atoms with E-state index >= 15 is 0 Å². The third kappa shape index (κ3) is 8.34. The van der Waals surface area contributed by atoms with E-state index < -0.39 is 55.7 Å². The van der Waals surface area contributed by atoms with Crippen molar-refractivity contribution in [2.75, 3.05) is 27.0 Å². The number of methoxy groups -OCH3 is 1. The Balaban J connectivity index is 1.25. The molecule has 1 spiro atoms. The molecule has 3 amide bonds. The predicted molar refractivity (Wildman–Crippen MR) is 222 cm³/mol. The first-order valence-electron chi connectivity index (χ1n) is 21.3. The highest BCUT2D eigenvalue weighted by Gasteiger charge is 2.59. The Bertz CT molecular complexity index is 2060. The molecule has 0 radical (unpaired) electrons. The molecular formula is C44H63N5O8S. The van der Waals surface area contributed by atoms with Gasteiger partial charge in [0, 0.05) is 23.3 Å². The molecule has 0 bridgehead atoms. The van der Waals surface area contributed by atoms with Gasteiger partial charge in [-0.2, -0.15) is 0 Å². The molecule has 58 heavy (non-hydrogen) atoms. The smallest absolute Gasteiger partial charge is 0.259 e. The maximum Gasteiger partial charge on any atom is 0.259 e. The minimum Gasteiger partial charge on any atom is -0.497 e. The zero-order valence-electron chi connectivity index (χ0n) is 35.4. The molecule has 3 aliphatic heterocycles. The van der Waals surface area contributed by atoms with Crippen molar-refractivity contribution in [3.8, 4) is 11.5 Å². The number of nitrogens with zero attached hydrogens (tertiary/aromatic N) is 2. The van der Waals surface area contributed by atoms with E-state index in [0.29, 0.717) is 56.6 Å². The van der Waals surface area contributed by atoms with Crippen LogP contribution in [0.15, 0.2) is 30.4 Å². The first-order chi connectivity index (χ1) is 27.4. The number of ether oxygens (including phenoxy) is 3. The summed E-state index contributed by atoms with van der Waals surface area (Å²) >= 11 is 0. The molecule has 318 valence electrons. The van der Waals surface area contributed by atoms with Gasteiger partial charge in [0.1, 0.15) is 28.7 Å². The standard InChI is InChI=1S/C44H63N5O8S/c1-28(2)36-37-31(32-23-30(55-7)15-16-33(32)46-36)18-19-43(57-37)24-35-38(50)47-44(40(52)48-58(53,54)42(6)21-22-42)20-17-29(44)13-11-9-8-10-12-14-34(39(51)49(35)25-43)45-27-56-26-41(3,4)5/h11,13,15-16,23,28-29,34-35,45H,8-10,12,14,17-22,24-27H2,1-7H3,(H,47,50)(H,48,52). The number of aryl methyl sites for hydroxylation is 1. The molecule has 2 saturated carbocycles. The first-order valence-corrected chi connectivity index (χ1v) is 22.7. The average Bonchev–Trinajstić information content (AvgIpc) is 3.83. The Kier molecular flexibility index (Phi) is 11.7. The number of amides is 3. The number of nitrogens with one attached hydrogen (secondary N) is 3. The number of pyridine rings is 1. The van der Waals surface area contributed by atoms with E-state index in [4.69, 9.17) is 19.2 Å². The zero-order chi connectivity index (χ0) is 41.7. The van der Waals surface area contributed by atoms with Crippen molar-refractivity contribution in [3.63, 3.8) is 0 Å². The Labute approximate surface area is 343 Å². The van der Waals surface area contributed by atoms with Gasteiger partial charge in [0.25, 0.3) is 5.91 Å². The molecule has 2 aromatic rings. The van der Waals surface area contributed by atoms with E-state index in [0.717, 1.165) is 47.8 Å². The minimum absolute atomic E-state index is 0.0324. The van der Waals surface area contributed by atoms with Crippen molar-refractivity contribution in [1.82, 2.24) is 25.2 Å². The first kappa shape index (κ1) is 42.4. The van der Waals surface area contributed by atoms with E-state index in [1.165, 1.54) is 0 Å². The summed E-state index contributed by atoms with van der Waals surface area (Å²) in [6.45, 7) is 12.9. The van der Waals surface area contributed by atoms with E-state index in [1.54, 1.807) is 18.9 Å². The number of fused-ring (bicyclic) bond motifs is 5. The topological polar surface area (TPSA) is 165 Å². The Hall–Kier alpha value is -3.75. The number of rotatable bonds is 9. The second kappa shape index (κ2) is 16.0. The van der Waals surface area contributed by atoms with Crippen LogP contribution in [0.25, 0.3) is 10.9 Å². The third-order valence-corrected chi connectivity index (χ3v) is 15.2. The third-order valence-electron chi connectivity index (χ3n) is 13.0. The number of allylic oxidation sites excluding steroid dienone is 1. The SMILES string of the molecule is COc1ccc2nc(C(C)C)c3c(c2c1)CCC1(CC2C(=O)NC4(C(=O)NS(=O)(=O)C5(C)CC5)CCC4C=CCCCCCC(NCOCC(C)(C)C)C(=O)N2C1)O3. The quantitative estimate of drug-likeness (QED) is 0.160. The lowest BCUT2D eigenvalue weighted by atomic mass is 9.65. The maximum absolute atomic E-state index is 14.9. The van der Waals surface area contributed by atoms with Gasteiger partial charge in [-0.1, -0.05) is 59.6 Å². The van der Waals surface area contributed by atoms with Gasteiger partial charge >= 0.3 is 0 Å². The van der Waals surface area contributed by atoms with Crippen LogP contribution in [-0.4, -0.2) is 91.0 Å². The number of benzene rings is 1. The van der Waals surface area contributed by atoms with E-state index in [2.05, 4.69) is 50.0 Å². The average molecular weight is 822 g/mol. The molecule has 5 aliphatic rings. The van der Waals surface area contributed by atoms with E-state index in [-0.39, 0.29) is 43.4 Å². The van der Waals surface area contributed by atoms with E-state index in [9.17, 15) is 22.8 Å². The molecule has 1 aromatic carbocycles. The summed E-state index contributed by atoms with van der Waals surface area (Å²) in [6.07, 6.45) is 11.1. The van der Waals surface area contributed by atoms with Crippen LogP contribution in [0.5, 0.6) is 11.5 Å². The van der Waals surface area contributed by atoms with Crippen molar-refractivity contribution < 1.29 is 37.0 Å². The van der Waals surface area contributed by atoms with Gasteiger partial charge in [-0.25, -0.2) is 13.4 Å². The van der Waals surface area contributed by atoms with Crippen molar-refractivity contribution in [2.24, 2.45) is 11.3 Å². The molecule has 3 N–H and O–H groups in total. The fourth-order valence-corrected chi connectivity index (χ4v) is 10.3. The molecule has 13 nitrogen and oxygen atoms in total. The second-order valence-corrected chi connectivity index (χ2v) is 21.4. The van der Waals surface area contributed by atoms with Crippen LogP contribution in [0, 0.1) is 11.3 Å². The second-order valence-electron chi connectivity index (χ2n) is 19.2. The Morgan fingerprint density at radius 2 is 1.88 bits per heavy atom. The number of carbonyl (C=O) groups is 3. The molecule has 3 fully saturated rings. The Morgan fingerprint density at radius 3 is 2.55 bits per heavy atom. The maximum atomic E-state index is 14.9. The van der Waals surface area contributed by atoms with Gasteiger partial charge in [0.05, 0.1) is 49.0 Å². The summed E-state index contributed by atoms with van der Waals surface area (Å²) in [5.41, 5.74) is 0.232. The van der Waals surface area contributed by atoms with Gasteiger partial charge in [-0.05, 0) is 94.2 Å². The normalized spacial score (nSPS) is 28.7. The van der Waals surface area contributed by atoms with Crippen LogP contribution in [0.2, 0.25) is 0 Å². The van der Waals surface area contributed by atoms with Crippen molar-refractivity contribution in [1.29, 1.82) is 0 Å². The van der Waals surface area contributed by atoms with Gasteiger partial charge in [-0.3, -0.25) is 24.4 Å². The molecule has 7 rings (SSSR count). The van der Waals surface area contributed by atoms with Crippen LogP contribution in [0.4, 0.5) is 0 Å². The summed E-state index contributed by atoms with van der Waals surface area (Å²) in [5, 5.41) is 7.41. The summed E-state index contributed by atoms with van der Waals surface area (Å²) < 4.78 is 46.8. The molecular weight excluding hydrogens is 759 g/mol. The van der Waals surface area contributed by atoms with Crippen molar-refractivity contribution in [3.05, 3.63) is 41.6 Å². The number of aromatic nitrogens is 1. The number of carbonyl (C=O) groups excluding carboxylic acids is 3. The van der Waals surface area contributed by atoms with Crippen LogP contribution in [0.3, 0.4) is 0 Å².